The third kappa shape index (κ3) is 3.04. The molecule has 114 valence electrons. The molecule has 22 heavy (non-hydrogen) atoms. The molecule has 0 aromatic heterocycles. The van der Waals surface area contributed by atoms with Crippen LogP contribution in [0.15, 0.2) is 59.2 Å². The fourth-order valence-corrected chi connectivity index (χ4v) is 3.63. The Morgan fingerprint density at radius 1 is 1.05 bits per heavy atom. The number of rotatable bonds is 3. The Bertz CT molecular complexity index is 865. The zero-order valence-corrected chi connectivity index (χ0v) is 13.0. The molecule has 1 unspecified atom stereocenters. The summed E-state index contributed by atoms with van der Waals surface area (Å²) in [7, 11) is -3.92. The summed E-state index contributed by atoms with van der Waals surface area (Å²) < 4.78 is 29.9. The quantitative estimate of drug-likeness (QED) is 0.814. The first-order chi connectivity index (χ1) is 10.4. The van der Waals surface area contributed by atoms with Crippen molar-refractivity contribution in [3.8, 4) is 0 Å². The van der Waals surface area contributed by atoms with Crippen molar-refractivity contribution < 1.29 is 17.4 Å². The van der Waals surface area contributed by atoms with Crippen molar-refractivity contribution in [3.05, 3.63) is 54.3 Å². The van der Waals surface area contributed by atoms with Gasteiger partial charge in [-0.05, 0) is 28.8 Å². The third-order valence-corrected chi connectivity index (χ3v) is 4.91. The van der Waals surface area contributed by atoms with E-state index in [1.165, 1.54) is 12.1 Å². The van der Waals surface area contributed by atoms with Gasteiger partial charge in [-0.3, -0.25) is 4.79 Å². The lowest BCUT2D eigenvalue weighted by Gasteiger charge is -2.18. The molecule has 0 saturated heterocycles. The Morgan fingerprint density at radius 3 is 2.50 bits per heavy atom. The van der Waals surface area contributed by atoms with Gasteiger partial charge in [0.2, 0.25) is 0 Å². The summed E-state index contributed by atoms with van der Waals surface area (Å²) >= 11 is 0. The maximum atomic E-state index is 12.4. The van der Waals surface area contributed by atoms with Crippen LogP contribution in [0.5, 0.6) is 0 Å². The summed E-state index contributed by atoms with van der Waals surface area (Å²) in [5, 5.41) is 1.79. The Balaban J connectivity index is 1.93. The molecule has 0 fully saturated rings. The molecule has 3 rings (SSSR count). The van der Waals surface area contributed by atoms with E-state index in [0.717, 1.165) is 10.8 Å². The van der Waals surface area contributed by atoms with Crippen molar-refractivity contribution >= 4 is 26.7 Å². The van der Waals surface area contributed by atoms with Gasteiger partial charge >= 0.3 is 10.1 Å². The molecule has 1 atom stereocenters. The molecule has 0 aliphatic heterocycles. The number of carbonyl (C=O) groups excluding carboxylic acids is 1. The van der Waals surface area contributed by atoms with Crippen LogP contribution in [0.25, 0.3) is 10.8 Å². The van der Waals surface area contributed by atoms with Gasteiger partial charge in [-0.25, -0.2) is 0 Å². The number of ketones is 1. The summed E-state index contributed by atoms with van der Waals surface area (Å²) in [5.74, 6) is 0.221. The molecule has 5 heteroatoms. The Morgan fingerprint density at radius 2 is 1.77 bits per heavy atom. The van der Waals surface area contributed by atoms with Crippen LogP contribution in [0.2, 0.25) is 0 Å². The van der Waals surface area contributed by atoms with Gasteiger partial charge in [-0.1, -0.05) is 37.3 Å². The molecule has 0 N–H and O–H groups in total. The van der Waals surface area contributed by atoms with Gasteiger partial charge in [-0.2, -0.15) is 8.42 Å². The topological polar surface area (TPSA) is 60.4 Å². The monoisotopic (exact) mass is 316 g/mol. The zero-order valence-electron chi connectivity index (χ0n) is 12.2. The van der Waals surface area contributed by atoms with Crippen molar-refractivity contribution in [1.29, 1.82) is 0 Å². The number of allylic oxidation sites excluding steroid dienone is 2. The van der Waals surface area contributed by atoms with Crippen molar-refractivity contribution in [2.45, 2.75) is 24.7 Å². The van der Waals surface area contributed by atoms with Crippen LogP contribution in [-0.4, -0.2) is 14.2 Å². The van der Waals surface area contributed by atoms with Crippen LogP contribution in [0.1, 0.15) is 19.8 Å². The standard InChI is InChI=1S/C17H16O4S/c1-12-8-15(18)11-16(9-12)21-22(19,20)17-7-6-13-4-2-3-5-14(13)10-17/h2-7,10-12H,8-9H2,1H3. The highest BCUT2D eigenvalue weighted by atomic mass is 32.2. The fraction of sp³-hybridized carbons (Fsp3) is 0.235. The third-order valence-electron chi connectivity index (χ3n) is 3.65. The van der Waals surface area contributed by atoms with E-state index in [1.807, 2.05) is 31.2 Å². The minimum atomic E-state index is -3.92. The largest absolute Gasteiger partial charge is 0.383 e. The molecule has 1 aliphatic rings. The highest BCUT2D eigenvalue weighted by molar-refractivity contribution is 7.86. The minimum Gasteiger partial charge on any atom is -0.383 e. The SMILES string of the molecule is CC1CC(=O)C=C(OS(=O)(=O)c2ccc3ccccc3c2)C1. The van der Waals surface area contributed by atoms with Crippen LogP contribution >= 0.6 is 0 Å². The van der Waals surface area contributed by atoms with Crippen LogP contribution in [-0.2, 0) is 19.1 Å². The van der Waals surface area contributed by atoms with E-state index in [9.17, 15) is 13.2 Å². The molecule has 0 heterocycles. The predicted octanol–water partition coefficient (Wildman–Crippen LogP) is 3.43. The second-order valence-corrected chi connectivity index (χ2v) is 7.18. The lowest BCUT2D eigenvalue weighted by Crippen LogP contribution is -2.15. The van der Waals surface area contributed by atoms with Crippen LogP contribution in [0.4, 0.5) is 0 Å². The summed E-state index contributed by atoms with van der Waals surface area (Å²) in [6.07, 6.45) is 2.18. The molecule has 0 radical (unpaired) electrons. The van der Waals surface area contributed by atoms with Gasteiger partial charge in [0, 0.05) is 18.9 Å². The van der Waals surface area contributed by atoms with E-state index in [4.69, 9.17) is 4.18 Å². The lowest BCUT2D eigenvalue weighted by molar-refractivity contribution is -0.116. The number of fused-ring (bicyclic) bond motifs is 1. The molecular formula is C17H16O4S. The predicted molar refractivity (Wildman–Crippen MR) is 83.7 cm³/mol. The molecule has 0 saturated carbocycles. The van der Waals surface area contributed by atoms with E-state index in [-0.39, 0.29) is 22.4 Å². The first-order valence-corrected chi connectivity index (χ1v) is 8.51. The van der Waals surface area contributed by atoms with Gasteiger partial charge in [0.1, 0.15) is 10.7 Å². The zero-order chi connectivity index (χ0) is 15.7. The van der Waals surface area contributed by atoms with Crippen molar-refractivity contribution in [1.82, 2.24) is 0 Å². The van der Waals surface area contributed by atoms with E-state index in [2.05, 4.69) is 0 Å². The smallest absolute Gasteiger partial charge is 0.338 e. The van der Waals surface area contributed by atoms with Crippen LogP contribution in [0.3, 0.4) is 0 Å². The van der Waals surface area contributed by atoms with Crippen molar-refractivity contribution in [2.75, 3.05) is 0 Å². The number of hydrogen-bond donors (Lipinski definition) is 0. The van der Waals surface area contributed by atoms with E-state index in [0.29, 0.717) is 12.8 Å². The second-order valence-electron chi connectivity index (χ2n) is 5.64. The van der Waals surface area contributed by atoms with E-state index < -0.39 is 10.1 Å². The van der Waals surface area contributed by atoms with E-state index >= 15 is 0 Å². The highest BCUT2D eigenvalue weighted by Crippen LogP contribution is 2.27. The van der Waals surface area contributed by atoms with Crippen molar-refractivity contribution in [3.63, 3.8) is 0 Å². The lowest BCUT2D eigenvalue weighted by atomic mass is 9.94. The van der Waals surface area contributed by atoms with Gasteiger partial charge in [0.25, 0.3) is 0 Å². The average molecular weight is 316 g/mol. The van der Waals surface area contributed by atoms with Gasteiger partial charge < -0.3 is 4.18 Å². The summed E-state index contributed by atoms with van der Waals surface area (Å²) in [4.78, 5) is 11.6. The van der Waals surface area contributed by atoms with Gasteiger partial charge in [0.15, 0.2) is 5.78 Å². The van der Waals surface area contributed by atoms with Gasteiger partial charge in [-0.15, -0.1) is 0 Å². The number of benzene rings is 2. The van der Waals surface area contributed by atoms with Crippen LogP contribution in [0, 0.1) is 5.92 Å². The Hall–Kier alpha value is -2.14. The minimum absolute atomic E-state index is 0.0949. The molecule has 0 bridgehead atoms. The van der Waals surface area contributed by atoms with Crippen molar-refractivity contribution in [2.24, 2.45) is 5.92 Å². The van der Waals surface area contributed by atoms with E-state index in [1.54, 1.807) is 12.1 Å². The molecule has 4 nitrogen and oxygen atoms in total. The first-order valence-electron chi connectivity index (χ1n) is 7.11. The maximum Gasteiger partial charge on any atom is 0.338 e. The fourth-order valence-electron chi connectivity index (χ4n) is 2.63. The molecular weight excluding hydrogens is 300 g/mol. The average Bonchev–Trinajstić information content (AvgIpc) is 2.45. The molecule has 1 aliphatic carbocycles. The maximum absolute atomic E-state index is 12.4. The normalized spacial score (nSPS) is 19.0. The Kier molecular flexibility index (Phi) is 3.74. The molecule has 0 spiro atoms. The molecule has 0 amide bonds. The second kappa shape index (κ2) is 5.57. The number of hydrogen-bond acceptors (Lipinski definition) is 4. The van der Waals surface area contributed by atoms with Gasteiger partial charge in [0.05, 0.1) is 0 Å². The number of carbonyl (C=O) groups is 1. The molecule has 2 aromatic rings. The highest BCUT2D eigenvalue weighted by Gasteiger charge is 2.24. The van der Waals surface area contributed by atoms with Crippen LogP contribution < -0.4 is 0 Å². The summed E-state index contributed by atoms with van der Waals surface area (Å²) in [5.41, 5.74) is 0. The first kappa shape index (κ1) is 14.8. The summed E-state index contributed by atoms with van der Waals surface area (Å²) in [6.45, 7) is 1.90. The molecule has 2 aromatic carbocycles. The summed E-state index contributed by atoms with van der Waals surface area (Å²) in [6, 6.07) is 12.4. The Labute approximate surface area is 129 Å².